The van der Waals surface area contributed by atoms with Crippen molar-refractivity contribution in [3.05, 3.63) is 34.9 Å². The van der Waals surface area contributed by atoms with E-state index in [2.05, 4.69) is 14.2 Å². The summed E-state index contributed by atoms with van der Waals surface area (Å²) in [6, 6.07) is 5.15. The number of carbonyl (C=O) groups excluding carboxylic acids is 3. The maximum Gasteiger partial charge on any atom is 0.309 e. The van der Waals surface area contributed by atoms with Crippen molar-refractivity contribution in [1.82, 2.24) is 0 Å². The minimum atomic E-state index is -0.394. The third-order valence-corrected chi connectivity index (χ3v) is 2.84. The van der Waals surface area contributed by atoms with E-state index in [0.717, 1.165) is 0 Å². The maximum absolute atomic E-state index is 11.4. The number of ether oxygens (including phenoxy) is 3. The van der Waals surface area contributed by atoms with Crippen LogP contribution in [-0.2, 0) is 47.9 Å². The minimum Gasteiger partial charge on any atom is -0.469 e. The molecule has 0 saturated heterocycles. The van der Waals surface area contributed by atoms with Crippen molar-refractivity contribution < 1.29 is 28.6 Å². The molecular formula is C15H18O6. The number of rotatable bonds is 6. The van der Waals surface area contributed by atoms with E-state index in [4.69, 9.17) is 0 Å². The number of esters is 3. The highest BCUT2D eigenvalue weighted by atomic mass is 16.5. The summed E-state index contributed by atoms with van der Waals surface area (Å²) in [6.45, 7) is 0. The van der Waals surface area contributed by atoms with Crippen LogP contribution in [0.5, 0.6) is 0 Å². The molecule has 0 amide bonds. The van der Waals surface area contributed by atoms with E-state index in [-0.39, 0.29) is 19.3 Å². The van der Waals surface area contributed by atoms with Gasteiger partial charge in [-0.25, -0.2) is 0 Å². The molecule has 0 radical (unpaired) electrons. The largest absolute Gasteiger partial charge is 0.469 e. The van der Waals surface area contributed by atoms with Crippen LogP contribution in [0.2, 0.25) is 0 Å². The third kappa shape index (κ3) is 5.64. The number of carbonyl (C=O) groups is 3. The summed E-state index contributed by atoms with van der Waals surface area (Å²) < 4.78 is 13.8. The van der Waals surface area contributed by atoms with Crippen molar-refractivity contribution >= 4 is 17.9 Å². The van der Waals surface area contributed by atoms with Crippen LogP contribution >= 0.6 is 0 Å². The van der Waals surface area contributed by atoms with Crippen molar-refractivity contribution in [2.45, 2.75) is 19.3 Å². The van der Waals surface area contributed by atoms with Gasteiger partial charge in [0, 0.05) is 0 Å². The quantitative estimate of drug-likeness (QED) is 0.571. The third-order valence-electron chi connectivity index (χ3n) is 2.84. The van der Waals surface area contributed by atoms with Gasteiger partial charge in [-0.3, -0.25) is 14.4 Å². The zero-order chi connectivity index (χ0) is 15.8. The van der Waals surface area contributed by atoms with Gasteiger partial charge in [0.25, 0.3) is 0 Å². The maximum atomic E-state index is 11.4. The van der Waals surface area contributed by atoms with E-state index in [0.29, 0.717) is 16.7 Å². The topological polar surface area (TPSA) is 78.9 Å². The second-order valence-electron chi connectivity index (χ2n) is 4.42. The van der Waals surface area contributed by atoms with Crippen LogP contribution in [-0.4, -0.2) is 39.2 Å². The molecule has 0 atom stereocenters. The van der Waals surface area contributed by atoms with Gasteiger partial charge in [0.05, 0.1) is 40.6 Å². The van der Waals surface area contributed by atoms with Crippen molar-refractivity contribution in [3.8, 4) is 0 Å². The lowest BCUT2D eigenvalue weighted by atomic mass is 10.00. The Kier molecular flexibility index (Phi) is 6.39. The SMILES string of the molecule is COC(=O)Cc1cc(CC(=O)OC)cc(CC(=O)OC)c1. The summed E-state index contributed by atoms with van der Waals surface area (Å²) >= 11 is 0. The van der Waals surface area contributed by atoms with Gasteiger partial charge in [0.15, 0.2) is 0 Å². The molecular weight excluding hydrogens is 276 g/mol. The van der Waals surface area contributed by atoms with Crippen LogP contribution in [0.15, 0.2) is 18.2 Å². The average molecular weight is 294 g/mol. The monoisotopic (exact) mass is 294 g/mol. The molecule has 0 bridgehead atoms. The fraction of sp³-hybridized carbons (Fsp3) is 0.400. The summed E-state index contributed by atoms with van der Waals surface area (Å²) in [7, 11) is 3.90. The van der Waals surface area contributed by atoms with E-state index in [1.165, 1.54) is 21.3 Å². The zero-order valence-corrected chi connectivity index (χ0v) is 12.3. The smallest absolute Gasteiger partial charge is 0.309 e. The zero-order valence-electron chi connectivity index (χ0n) is 12.3. The summed E-state index contributed by atoms with van der Waals surface area (Å²) in [5.74, 6) is -1.18. The second-order valence-corrected chi connectivity index (χ2v) is 4.42. The molecule has 0 aromatic heterocycles. The molecule has 1 aromatic carbocycles. The highest BCUT2D eigenvalue weighted by Crippen LogP contribution is 2.14. The van der Waals surface area contributed by atoms with Gasteiger partial charge in [-0.15, -0.1) is 0 Å². The first-order chi connectivity index (χ1) is 9.98. The molecule has 1 rings (SSSR count). The summed E-state index contributed by atoms with van der Waals surface area (Å²) in [4.78, 5) is 34.1. The lowest BCUT2D eigenvalue weighted by Crippen LogP contribution is -2.10. The Balaban J connectivity index is 3.03. The Morgan fingerprint density at radius 1 is 0.667 bits per heavy atom. The Hall–Kier alpha value is -2.37. The molecule has 114 valence electrons. The molecule has 0 aliphatic carbocycles. The molecule has 6 heteroatoms. The molecule has 0 heterocycles. The average Bonchev–Trinajstić information content (AvgIpc) is 2.46. The molecule has 0 aliphatic heterocycles. The molecule has 0 aliphatic rings. The van der Waals surface area contributed by atoms with Crippen molar-refractivity contribution in [2.75, 3.05) is 21.3 Å². The van der Waals surface area contributed by atoms with Crippen LogP contribution in [0.3, 0.4) is 0 Å². The van der Waals surface area contributed by atoms with E-state index < -0.39 is 17.9 Å². The van der Waals surface area contributed by atoms with Crippen molar-refractivity contribution in [3.63, 3.8) is 0 Å². The van der Waals surface area contributed by atoms with Crippen LogP contribution in [0.25, 0.3) is 0 Å². The van der Waals surface area contributed by atoms with E-state index in [1.54, 1.807) is 18.2 Å². The van der Waals surface area contributed by atoms with Gasteiger partial charge in [-0.1, -0.05) is 18.2 Å². The lowest BCUT2D eigenvalue weighted by molar-refractivity contribution is -0.140. The fourth-order valence-electron chi connectivity index (χ4n) is 1.86. The number of hydrogen-bond acceptors (Lipinski definition) is 6. The molecule has 0 spiro atoms. The van der Waals surface area contributed by atoms with Gasteiger partial charge in [0.2, 0.25) is 0 Å². The van der Waals surface area contributed by atoms with E-state index in [1.807, 2.05) is 0 Å². The molecule has 0 N–H and O–H groups in total. The van der Waals surface area contributed by atoms with Gasteiger partial charge in [-0.2, -0.15) is 0 Å². The van der Waals surface area contributed by atoms with Gasteiger partial charge in [-0.05, 0) is 16.7 Å². The van der Waals surface area contributed by atoms with Crippen LogP contribution in [0, 0.1) is 0 Å². The normalized spacial score (nSPS) is 9.86. The first-order valence-electron chi connectivity index (χ1n) is 6.30. The summed E-state index contributed by atoms with van der Waals surface area (Å²) in [6.07, 6.45) is 0.207. The highest BCUT2D eigenvalue weighted by Gasteiger charge is 2.11. The van der Waals surface area contributed by atoms with E-state index >= 15 is 0 Å². The van der Waals surface area contributed by atoms with Gasteiger partial charge >= 0.3 is 17.9 Å². The Morgan fingerprint density at radius 3 is 1.10 bits per heavy atom. The highest BCUT2D eigenvalue weighted by molar-refractivity contribution is 5.76. The minimum absolute atomic E-state index is 0.0691. The molecule has 6 nitrogen and oxygen atoms in total. The van der Waals surface area contributed by atoms with Crippen LogP contribution in [0.4, 0.5) is 0 Å². The Labute approximate surface area is 123 Å². The first-order valence-corrected chi connectivity index (χ1v) is 6.30. The Bertz CT molecular complexity index is 446. The van der Waals surface area contributed by atoms with E-state index in [9.17, 15) is 14.4 Å². The molecule has 0 saturated carbocycles. The number of hydrogen-bond donors (Lipinski definition) is 0. The number of methoxy groups -OCH3 is 3. The van der Waals surface area contributed by atoms with Gasteiger partial charge < -0.3 is 14.2 Å². The predicted molar refractivity (Wildman–Crippen MR) is 73.6 cm³/mol. The fourth-order valence-corrected chi connectivity index (χ4v) is 1.86. The van der Waals surface area contributed by atoms with Crippen LogP contribution in [0.1, 0.15) is 16.7 Å². The predicted octanol–water partition coefficient (Wildman–Crippen LogP) is 0.833. The van der Waals surface area contributed by atoms with Crippen molar-refractivity contribution in [2.24, 2.45) is 0 Å². The molecule has 1 aromatic rings. The number of benzene rings is 1. The molecule has 0 fully saturated rings. The van der Waals surface area contributed by atoms with Crippen molar-refractivity contribution in [1.29, 1.82) is 0 Å². The first kappa shape index (κ1) is 16.7. The van der Waals surface area contributed by atoms with Crippen LogP contribution < -0.4 is 0 Å². The lowest BCUT2D eigenvalue weighted by Gasteiger charge is -2.08. The Morgan fingerprint density at radius 2 is 0.905 bits per heavy atom. The second kappa shape index (κ2) is 8.04. The summed E-state index contributed by atoms with van der Waals surface area (Å²) in [5.41, 5.74) is 2.01. The molecule has 0 unspecified atom stereocenters. The standard InChI is InChI=1S/C15H18O6/c1-19-13(16)7-10-4-11(8-14(17)20-2)6-12(5-10)9-15(18)21-3/h4-6H,7-9H2,1-3H3. The summed E-state index contributed by atoms with van der Waals surface area (Å²) in [5, 5.41) is 0. The van der Waals surface area contributed by atoms with Gasteiger partial charge in [0.1, 0.15) is 0 Å². The molecule has 21 heavy (non-hydrogen) atoms.